The molecule has 0 N–H and O–H groups in total. The maximum atomic E-state index is 13.4. The number of carbonyl (C=O) groups excluding carboxylic acids is 1. The van der Waals surface area contributed by atoms with Gasteiger partial charge in [-0.1, -0.05) is 31.2 Å². The van der Waals surface area contributed by atoms with Crippen molar-refractivity contribution in [3.05, 3.63) is 53.9 Å². The third-order valence-corrected chi connectivity index (χ3v) is 5.27. The van der Waals surface area contributed by atoms with Crippen molar-refractivity contribution >= 4 is 17.0 Å². The molecule has 1 amide bonds. The first kappa shape index (κ1) is 19.5. The number of hydrogen-bond acceptors (Lipinski definition) is 3. The number of hydrogen-bond donors (Lipinski definition) is 0. The number of benzene rings is 2. The highest BCUT2D eigenvalue weighted by Gasteiger charge is 2.34. The molecule has 1 fully saturated rings. The molecule has 0 saturated carbocycles. The quantitative estimate of drug-likeness (QED) is 0.540. The largest absolute Gasteiger partial charge is 0.438 e. The van der Waals surface area contributed by atoms with Crippen LogP contribution in [0.2, 0.25) is 0 Å². The molecule has 2 aromatic carbocycles. The lowest BCUT2D eigenvalue weighted by molar-refractivity contribution is -0.137. The molecule has 1 saturated heterocycles. The zero-order valence-electron chi connectivity index (χ0n) is 16.0. The highest BCUT2D eigenvalue weighted by atomic mass is 19.4. The van der Waals surface area contributed by atoms with E-state index in [1.54, 1.807) is 29.2 Å². The van der Waals surface area contributed by atoms with E-state index in [9.17, 15) is 18.0 Å². The Balaban J connectivity index is 1.70. The van der Waals surface area contributed by atoms with Crippen molar-refractivity contribution in [1.82, 2.24) is 9.88 Å². The van der Waals surface area contributed by atoms with Crippen LogP contribution in [0.3, 0.4) is 0 Å². The van der Waals surface area contributed by atoms with Crippen molar-refractivity contribution in [2.75, 3.05) is 6.54 Å². The van der Waals surface area contributed by atoms with E-state index < -0.39 is 11.7 Å². The van der Waals surface area contributed by atoms with Gasteiger partial charge in [-0.2, -0.15) is 13.2 Å². The number of alkyl halides is 3. The summed E-state index contributed by atoms with van der Waals surface area (Å²) in [5.41, 5.74) is 0.838. The van der Waals surface area contributed by atoms with Crippen molar-refractivity contribution < 1.29 is 22.4 Å². The number of amides is 1. The Morgan fingerprint density at radius 1 is 1.24 bits per heavy atom. The minimum absolute atomic E-state index is 0.0806. The summed E-state index contributed by atoms with van der Waals surface area (Å²) in [6.07, 6.45) is -1.54. The number of nitrogens with zero attached hydrogens (tertiary/aromatic N) is 2. The Kier molecular flexibility index (Phi) is 5.06. The maximum absolute atomic E-state index is 13.4. The fourth-order valence-corrected chi connectivity index (χ4v) is 3.92. The van der Waals surface area contributed by atoms with Gasteiger partial charge in [-0.05, 0) is 48.6 Å². The van der Waals surface area contributed by atoms with Crippen LogP contribution < -0.4 is 0 Å². The number of carbonyl (C=O) groups is 1. The molecule has 3 aromatic rings. The first-order valence-corrected chi connectivity index (χ1v) is 9.75. The standard InChI is InChI=1S/C22H21F3N2O2/c1-2-6-20(28)27-12-5-9-18(27)21-26-17-13-14(10-11-19(17)29-21)15-7-3-4-8-16(15)22(23,24)25/h3-4,7-8,10-11,13,18H,2,5-6,9,12H2,1H3/t18-/m0/s1. The molecular weight excluding hydrogens is 381 g/mol. The van der Waals surface area contributed by atoms with Gasteiger partial charge in [-0.15, -0.1) is 0 Å². The van der Waals surface area contributed by atoms with Gasteiger partial charge in [-0.25, -0.2) is 4.98 Å². The topological polar surface area (TPSA) is 46.3 Å². The molecule has 1 aliphatic heterocycles. The lowest BCUT2D eigenvalue weighted by Gasteiger charge is -2.21. The lowest BCUT2D eigenvalue weighted by atomic mass is 9.99. The summed E-state index contributed by atoms with van der Waals surface area (Å²) >= 11 is 0. The summed E-state index contributed by atoms with van der Waals surface area (Å²) in [7, 11) is 0. The lowest BCUT2D eigenvalue weighted by Crippen LogP contribution is -2.30. The number of rotatable bonds is 4. The van der Waals surface area contributed by atoms with Crippen molar-refractivity contribution in [2.45, 2.75) is 44.8 Å². The average Bonchev–Trinajstić information content (AvgIpc) is 3.33. The summed E-state index contributed by atoms with van der Waals surface area (Å²) in [5.74, 6) is 0.528. The molecule has 2 heterocycles. The first-order chi connectivity index (χ1) is 13.9. The van der Waals surface area contributed by atoms with Gasteiger partial charge in [0.05, 0.1) is 5.56 Å². The molecule has 0 radical (unpaired) electrons. The highest BCUT2D eigenvalue weighted by Crippen LogP contribution is 2.39. The van der Waals surface area contributed by atoms with Gasteiger partial charge >= 0.3 is 6.18 Å². The summed E-state index contributed by atoms with van der Waals surface area (Å²) in [6, 6.07) is 10.1. The summed E-state index contributed by atoms with van der Waals surface area (Å²) in [5, 5.41) is 0. The first-order valence-electron chi connectivity index (χ1n) is 9.75. The van der Waals surface area contributed by atoms with Crippen molar-refractivity contribution in [2.24, 2.45) is 0 Å². The minimum atomic E-state index is -4.44. The Bertz CT molecular complexity index is 1040. The van der Waals surface area contributed by atoms with Gasteiger partial charge in [0.15, 0.2) is 5.58 Å². The van der Waals surface area contributed by atoms with Crippen molar-refractivity contribution in [3.63, 3.8) is 0 Å². The molecule has 0 spiro atoms. The SMILES string of the molecule is CCCC(=O)N1CCC[C@H]1c1nc2cc(-c3ccccc3C(F)(F)F)ccc2o1. The van der Waals surface area contributed by atoms with Crippen LogP contribution in [0.1, 0.15) is 50.1 Å². The monoisotopic (exact) mass is 402 g/mol. The zero-order valence-corrected chi connectivity index (χ0v) is 16.0. The predicted octanol–water partition coefficient (Wildman–Crippen LogP) is 5.98. The highest BCUT2D eigenvalue weighted by molar-refractivity contribution is 5.82. The van der Waals surface area contributed by atoms with Crippen LogP contribution in [0.5, 0.6) is 0 Å². The molecule has 1 atom stereocenters. The number of aromatic nitrogens is 1. The fourth-order valence-electron chi connectivity index (χ4n) is 3.92. The van der Waals surface area contributed by atoms with Crippen LogP contribution in [0, 0.1) is 0 Å². The molecule has 1 aromatic heterocycles. The van der Waals surface area contributed by atoms with E-state index >= 15 is 0 Å². The maximum Gasteiger partial charge on any atom is 0.417 e. The van der Waals surface area contributed by atoms with Crippen LogP contribution in [-0.2, 0) is 11.0 Å². The van der Waals surface area contributed by atoms with Gasteiger partial charge in [-0.3, -0.25) is 4.79 Å². The van der Waals surface area contributed by atoms with E-state index in [1.807, 2.05) is 6.92 Å². The second-order valence-corrected chi connectivity index (χ2v) is 7.27. The van der Waals surface area contributed by atoms with Crippen LogP contribution in [0.15, 0.2) is 46.9 Å². The average molecular weight is 402 g/mol. The molecule has 7 heteroatoms. The van der Waals surface area contributed by atoms with E-state index in [-0.39, 0.29) is 17.5 Å². The molecule has 0 aliphatic carbocycles. The van der Waals surface area contributed by atoms with E-state index in [0.29, 0.717) is 35.5 Å². The van der Waals surface area contributed by atoms with E-state index in [1.165, 1.54) is 12.1 Å². The van der Waals surface area contributed by atoms with Crippen molar-refractivity contribution in [1.29, 1.82) is 0 Å². The Hall–Kier alpha value is -2.83. The molecule has 0 bridgehead atoms. The fraction of sp³-hybridized carbons (Fsp3) is 0.364. The summed E-state index contributed by atoms with van der Waals surface area (Å²) in [6.45, 7) is 2.63. The Labute approximate surface area is 166 Å². The second kappa shape index (κ2) is 7.54. The molecular formula is C22H21F3N2O2. The van der Waals surface area contributed by atoms with Crippen LogP contribution >= 0.6 is 0 Å². The van der Waals surface area contributed by atoms with Gasteiger partial charge in [0.1, 0.15) is 11.6 Å². The number of oxazole rings is 1. The summed E-state index contributed by atoms with van der Waals surface area (Å²) < 4.78 is 46.0. The Morgan fingerprint density at radius 2 is 2.03 bits per heavy atom. The third kappa shape index (κ3) is 3.73. The van der Waals surface area contributed by atoms with Crippen LogP contribution in [-0.4, -0.2) is 22.3 Å². The molecule has 29 heavy (non-hydrogen) atoms. The zero-order chi connectivity index (χ0) is 20.6. The smallest absolute Gasteiger partial charge is 0.417 e. The second-order valence-electron chi connectivity index (χ2n) is 7.27. The van der Waals surface area contributed by atoms with Crippen LogP contribution in [0.25, 0.3) is 22.2 Å². The number of fused-ring (bicyclic) bond motifs is 1. The molecule has 4 nitrogen and oxygen atoms in total. The van der Waals surface area contributed by atoms with Gasteiger partial charge in [0, 0.05) is 13.0 Å². The van der Waals surface area contributed by atoms with Gasteiger partial charge < -0.3 is 9.32 Å². The molecule has 4 rings (SSSR count). The molecule has 1 aliphatic rings. The van der Waals surface area contributed by atoms with Gasteiger partial charge in [0.25, 0.3) is 0 Å². The van der Waals surface area contributed by atoms with Gasteiger partial charge in [0.2, 0.25) is 11.8 Å². The number of likely N-dealkylation sites (tertiary alicyclic amines) is 1. The third-order valence-electron chi connectivity index (χ3n) is 5.27. The van der Waals surface area contributed by atoms with E-state index in [4.69, 9.17) is 4.42 Å². The summed E-state index contributed by atoms with van der Waals surface area (Å²) in [4.78, 5) is 18.7. The molecule has 152 valence electrons. The predicted molar refractivity (Wildman–Crippen MR) is 103 cm³/mol. The minimum Gasteiger partial charge on any atom is -0.438 e. The Morgan fingerprint density at radius 3 is 2.79 bits per heavy atom. The van der Waals surface area contributed by atoms with E-state index in [0.717, 1.165) is 25.3 Å². The van der Waals surface area contributed by atoms with E-state index in [2.05, 4.69) is 4.98 Å². The normalized spacial score (nSPS) is 17.2. The van der Waals surface area contributed by atoms with Crippen LogP contribution in [0.4, 0.5) is 13.2 Å². The van der Waals surface area contributed by atoms with Crippen molar-refractivity contribution in [3.8, 4) is 11.1 Å². The molecule has 0 unspecified atom stereocenters. The number of halogens is 3.